The number of hydrogen-bond acceptors (Lipinski definition) is 8. The zero-order valence-electron chi connectivity index (χ0n) is 19.8. The van der Waals surface area contributed by atoms with Crippen molar-refractivity contribution in [3.8, 4) is 11.8 Å². The van der Waals surface area contributed by atoms with Crippen LogP contribution >= 0.6 is 0 Å². The maximum atomic E-state index is 13.1. The van der Waals surface area contributed by atoms with Crippen LogP contribution < -0.4 is 15.0 Å². The Kier molecular flexibility index (Phi) is 7.48. The van der Waals surface area contributed by atoms with Crippen LogP contribution in [0.3, 0.4) is 0 Å². The van der Waals surface area contributed by atoms with E-state index in [9.17, 15) is 8.42 Å². The van der Waals surface area contributed by atoms with E-state index in [4.69, 9.17) is 10.00 Å². The Bertz CT molecular complexity index is 1300. The first kappa shape index (κ1) is 24.4. The third kappa shape index (κ3) is 5.88. The SMILES string of the molecule is CCCOc1ccc(S(=O)(=O)N2CCN(c3nc(C)cc(Nc4ccc(C#N)cc4)n3)CC2)cc1. The smallest absolute Gasteiger partial charge is 0.243 e. The van der Waals surface area contributed by atoms with Crippen LogP contribution in [0.5, 0.6) is 5.75 Å². The molecule has 0 saturated carbocycles. The molecule has 1 saturated heterocycles. The van der Waals surface area contributed by atoms with Gasteiger partial charge in [-0.2, -0.15) is 14.6 Å². The molecular weight excluding hydrogens is 464 g/mol. The van der Waals surface area contributed by atoms with Gasteiger partial charge in [0.15, 0.2) is 0 Å². The molecule has 0 unspecified atom stereocenters. The second kappa shape index (κ2) is 10.7. The Morgan fingerprint density at radius 1 is 1.03 bits per heavy atom. The number of nitrogens with one attached hydrogen (secondary N) is 1. The van der Waals surface area contributed by atoms with E-state index in [0.717, 1.165) is 17.8 Å². The summed E-state index contributed by atoms with van der Waals surface area (Å²) in [4.78, 5) is 11.4. The fourth-order valence-electron chi connectivity index (χ4n) is 3.74. The molecule has 0 aliphatic carbocycles. The van der Waals surface area contributed by atoms with E-state index in [-0.39, 0.29) is 4.90 Å². The van der Waals surface area contributed by atoms with Gasteiger partial charge in [-0.3, -0.25) is 0 Å². The summed E-state index contributed by atoms with van der Waals surface area (Å²) in [6.07, 6.45) is 0.891. The third-order valence-electron chi connectivity index (χ3n) is 5.58. The Morgan fingerprint density at radius 3 is 2.34 bits per heavy atom. The first-order valence-electron chi connectivity index (χ1n) is 11.5. The average Bonchev–Trinajstić information content (AvgIpc) is 2.88. The number of anilines is 3. The number of piperazine rings is 1. The largest absolute Gasteiger partial charge is 0.494 e. The fourth-order valence-corrected chi connectivity index (χ4v) is 5.16. The van der Waals surface area contributed by atoms with Crippen LogP contribution in [0.15, 0.2) is 59.5 Å². The first-order valence-corrected chi connectivity index (χ1v) is 12.9. The van der Waals surface area contributed by atoms with Gasteiger partial charge in [0.2, 0.25) is 16.0 Å². The van der Waals surface area contributed by atoms with Crippen LogP contribution in [0.25, 0.3) is 0 Å². The summed E-state index contributed by atoms with van der Waals surface area (Å²) < 4.78 is 33.3. The van der Waals surface area contributed by atoms with Gasteiger partial charge in [-0.15, -0.1) is 0 Å². The van der Waals surface area contributed by atoms with Crippen molar-refractivity contribution in [2.24, 2.45) is 0 Å². The zero-order valence-corrected chi connectivity index (χ0v) is 20.6. The first-order chi connectivity index (χ1) is 16.9. The van der Waals surface area contributed by atoms with Crippen molar-refractivity contribution in [3.63, 3.8) is 0 Å². The van der Waals surface area contributed by atoms with Crippen LogP contribution in [-0.4, -0.2) is 55.5 Å². The lowest BCUT2D eigenvalue weighted by atomic mass is 10.2. The van der Waals surface area contributed by atoms with Gasteiger partial charge in [-0.05, 0) is 61.9 Å². The summed E-state index contributed by atoms with van der Waals surface area (Å²) in [5.74, 6) is 1.85. The van der Waals surface area contributed by atoms with Crippen molar-refractivity contribution < 1.29 is 13.2 Å². The molecule has 9 nitrogen and oxygen atoms in total. The number of aryl methyl sites for hydroxylation is 1. The summed E-state index contributed by atoms with van der Waals surface area (Å²) in [5, 5.41) is 12.2. The van der Waals surface area contributed by atoms with E-state index in [0.29, 0.717) is 55.9 Å². The molecular formula is C25H28N6O3S. The van der Waals surface area contributed by atoms with Gasteiger partial charge in [0.1, 0.15) is 11.6 Å². The van der Waals surface area contributed by atoms with Crippen molar-refractivity contribution in [1.82, 2.24) is 14.3 Å². The Hall–Kier alpha value is -3.68. The van der Waals surface area contributed by atoms with Crippen LogP contribution in [0, 0.1) is 18.3 Å². The van der Waals surface area contributed by atoms with Crippen LogP contribution in [0.2, 0.25) is 0 Å². The molecule has 10 heteroatoms. The summed E-state index contributed by atoms with van der Waals surface area (Å²) in [7, 11) is -3.59. The molecule has 1 N–H and O–H groups in total. The third-order valence-corrected chi connectivity index (χ3v) is 7.50. The molecule has 0 atom stereocenters. The second-order valence-corrected chi connectivity index (χ2v) is 10.2. The lowest BCUT2D eigenvalue weighted by molar-refractivity contribution is 0.317. The van der Waals surface area contributed by atoms with Gasteiger partial charge >= 0.3 is 0 Å². The standard InChI is InChI=1S/C25H28N6O3S/c1-3-16-34-22-8-10-23(11-9-22)35(32,33)31-14-12-30(13-15-31)25-27-19(2)17-24(29-25)28-21-6-4-20(18-26)5-7-21/h4-11,17H,3,12-16H2,1-2H3,(H,27,28,29). The normalized spacial score (nSPS) is 14.4. The predicted octanol–water partition coefficient (Wildman–Crippen LogP) is 3.70. The average molecular weight is 493 g/mol. The summed E-state index contributed by atoms with van der Waals surface area (Å²) in [5.41, 5.74) is 2.20. The van der Waals surface area contributed by atoms with E-state index in [1.54, 1.807) is 36.4 Å². The van der Waals surface area contributed by atoms with E-state index < -0.39 is 10.0 Å². The summed E-state index contributed by atoms with van der Waals surface area (Å²) in [6, 6.07) is 17.6. The van der Waals surface area contributed by atoms with Crippen molar-refractivity contribution >= 4 is 27.5 Å². The summed E-state index contributed by atoms with van der Waals surface area (Å²) in [6.45, 7) is 6.15. The number of sulfonamides is 1. The molecule has 2 heterocycles. The zero-order chi connectivity index (χ0) is 24.8. The molecule has 1 aliphatic heterocycles. The number of nitrogens with zero attached hydrogens (tertiary/aromatic N) is 5. The molecule has 4 rings (SSSR count). The van der Waals surface area contributed by atoms with Gasteiger partial charge in [-0.1, -0.05) is 6.92 Å². The Balaban J connectivity index is 1.42. The number of benzene rings is 2. The van der Waals surface area contributed by atoms with Gasteiger partial charge in [0, 0.05) is 43.6 Å². The molecule has 1 aliphatic rings. The molecule has 35 heavy (non-hydrogen) atoms. The monoisotopic (exact) mass is 492 g/mol. The topological polar surface area (TPSA) is 111 Å². The Morgan fingerprint density at radius 2 is 1.71 bits per heavy atom. The molecule has 1 fully saturated rings. The highest BCUT2D eigenvalue weighted by Crippen LogP contribution is 2.23. The minimum Gasteiger partial charge on any atom is -0.494 e. The lowest BCUT2D eigenvalue weighted by Gasteiger charge is -2.34. The minimum absolute atomic E-state index is 0.260. The number of rotatable bonds is 8. The highest BCUT2D eigenvalue weighted by atomic mass is 32.2. The molecule has 0 radical (unpaired) electrons. The number of ether oxygens (including phenoxy) is 1. The maximum Gasteiger partial charge on any atom is 0.243 e. The molecule has 0 amide bonds. The predicted molar refractivity (Wildman–Crippen MR) is 134 cm³/mol. The lowest BCUT2D eigenvalue weighted by Crippen LogP contribution is -2.49. The van der Waals surface area contributed by atoms with Gasteiger partial charge in [0.25, 0.3) is 0 Å². The molecule has 3 aromatic rings. The number of aromatic nitrogens is 2. The van der Waals surface area contributed by atoms with E-state index in [2.05, 4.69) is 21.4 Å². The van der Waals surface area contributed by atoms with Crippen molar-refractivity contribution in [3.05, 3.63) is 65.9 Å². The van der Waals surface area contributed by atoms with E-state index >= 15 is 0 Å². The van der Waals surface area contributed by atoms with Gasteiger partial charge in [0.05, 0.1) is 23.1 Å². The van der Waals surface area contributed by atoms with E-state index in [1.807, 2.05) is 36.9 Å². The number of nitriles is 1. The van der Waals surface area contributed by atoms with Crippen LogP contribution in [0.4, 0.5) is 17.5 Å². The van der Waals surface area contributed by atoms with Gasteiger partial charge < -0.3 is 15.0 Å². The molecule has 2 aromatic carbocycles. The Labute approximate surface area is 206 Å². The number of hydrogen-bond donors (Lipinski definition) is 1. The van der Waals surface area contributed by atoms with E-state index in [1.165, 1.54) is 4.31 Å². The molecule has 182 valence electrons. The fraction of sp³-hybridized carbons (Fsp3) is 0.320. The quantitative estimate of drug-likeness (QED) is 0.507. The highest BCUT2D eigenvalue weighted by Gasteiger charge is 2.29. The van der Waals surface area contributed by atoms with Crippen molar-refractivity contribution in [1.29, 1.82) is 5.26 Å². The molecule has 0 bridgehead atoms. The molecule has 0 spiro atoms. The van der Waals surface area contributed by atoms with Crippen LogP contribution in [-0.2, 0) is 10.0 Å². The highest BCUT2D eigenvalue weighted by molar-refractivity contribution is 7.89. The maximum absolute atomic E-state index is 13.1. The summed E-state index contributed by atoms with van der Waals surface area (Å²) >= 11 is 0. The molecule has 1 aromatic heterocycles. The van der Waals surface area contributed by atoms with Crippen molar-refractivity contribution in [2.45, 2.75) is 25.2 Å². The van der Waals surface area contributed by atoms with Gasteiger partial charge in [-0.25, -0.2) is 13.4 Å². The van der Waals surface area contributed by atoms with Crippen molar-refractivity contribution in [2.75, 3.05) is 43.0 Å². The minimum atomic E-state index is -3.59. The van der Waals surface area contributed by atoms with Crippen LogP contribution in [0.1, 0.15) is 24.6 Å². The second-order valence-electron chi connectivity index (χ2n) is 8.22.